The van der Waals surface area contributed by atoms with E-state index in [0.29, 0.717) is 0 Å². The molecule has 50 valence electrons. The summed E-state index contributed by atoms with van der Waals surface area (Å²) >= 11 is 0. The third-order valence-electron chi connectivity index (χ3n) is 1.02. The smallest absolute Gasteiger partial charge is 0.785 e. The molecule has 0 N–H and O–H groups in total. The molecule has 0 aliphatic heterocycles. The maximum Gasteiger partial charge on any atom is 1.00 e. The van der Waals surface area contributed by atoms with Gasteiger partial charge in [0.1, 0.15) is 0 Å². The summed E-state index contributed by atoms with van der Waals surface area (Å²) in [7, 11) is 0. The molecule has 0 heterocycles. The molecule has 9 heavy (non-hydrogen) atoms. The van der Waals surface area contributed by atoms with Crippen LogP contribution in [-0.4, -0.2) is 17.1 Å². The van der Waals surface area contributed by atoms with Crippen LogP contribution in [0, 0.1) is 5.21 Å². The fourth-order valence-corrected chi connectivity index (χ4v) is 0.596. The maximum absolute atomic E-state index is 10.8. The molecule has 0 rings (SSSR count). The third-order valence-corrected chi connectivity index (χ3v) is 1.02. The Morgan fingerprint density at radius 3 is 1.22 bits per heavy atom. The molecule has 0 saturated carbocycles. The minimum atomic E-state index is 0. The maximum atomic E-state index is 10.8. The first-order chi connectivity index (χ1) is 3.55. The van der Waals surface area contributed by atoms with Crippen molar-refractivity contribution in [2.75, 3.05) is 0 Å². The van der Waals surface area contributed by atoms with Crippen LogP contribution in [0.25, 0.3) is 0 Å². The van der Waals surface area contributed by atoms with Gasteiger partial charge in [-0.2, -0.15) is 0 Å². The molecule has 0 unspecified atom stereocenters. The Hall–Kier alpha value is 0.920. The Kier molecular flexibility index (Phi) is 7.95. The van der Waals surface area contributed by atoms with Crippen molar-refractivity contribution in [3.05, 3.63) is 5.21 Å². The van der Waals surface area contributed by atoms with Gasteiger partial charge < -0.3 is 10.3 Å². The molecule has 0 radical (unpaired) electrons. The van der Waals surface area contributed by atoms with Crippen molar-refractivity contribution in [1.29, 1.82) is 0 Å². The van der Waals surface area contributed by atoms with Crippen molar-refractivity contribution >= 4 is 0 Å². The Morgan fingerprint density at radius 1 is 1.00 bits per heavy atom. The van der Waals surface area contributed by atoms with E-state index in [9.17, 15) is 5.21 Å². The second kappa shape index (κ2) is 5.69. The molecule has 0 aromatic carbocycles. The zero-order valence-electron chi connectivity index (χ0n) is 7.01. The summed E-state index contributed by atoms with van der Waals surface area (Å²) in [6.07, 6.45) is 0. The van der Waals surface area contributed by atoms with Crippen LogP contribution in [0.3, 0.4) is 0 Å². The van der Waals surface area contributed by atoms with Crippen LogP contribution in [0.5, 0.6) is 0 Å². The van der Waals surface area contributed by atoms with Gasteiger partial charge >= 0.3 is 29.6 Å². The van der Waals surface area contributed by atoms with E-state index in [1.54, 1.807) is 0 Å². The van der Waals surface area contributed by atoms with Gasteiger partial charge in [0, 0.05) is 0 Å². The van der Waals surface area contributed by atoms with Crippen molar-refractivity contribution in [3.8, 4) is 0 Å². The van der Waals surface area contributed by atoms with Crippen molar-refractivity contribution in [3.63, 3.8) is 0 Å². The summed E-state index contributed by atoms with van der Waals surface area (Å²) < 4.78 is 0. The first-order valence-electron chi connectivity index (χ1n) is 3.01. The molecular formula is C6H14NNaO. The van der Waals surface area contributed by atoms with E-state index in [1.165, 1.54) is 0 Å². The van der Waals surface area contributed by atoms with E-state index in [1.807, 2.05) is 27.7 Å². The van der Waals surface area contributed by atoms with E-state index in [4.69, 9.17) is 0 Å². The van der Waals surface area contributed by atoms with Crippen molar-refractivity contribution in [2.45, 2.75) is 39.8 Å². The zero-order valence-corrected chi connectivity index (χ0v) is 9.01. The second-order valence-electron chi connectivity index (χ2n) is 2.55. The molecular weight excluding hydrogens is 125 g/mol. The van der Waals surface area contributed by atoms with E-state index < -0.39 is 0 Å². The number of rotatable bonds is 2. The first-order valence-corrected chi connectivity index (χ1v) is 3.01. The topological polar surface area (TPSA) is 26.3 Å². The number of hydroxylamine groups is 2. The quantitative estimate of drug-likeness (QED) is 0.348. The third kappa shape index (κ3) is 5.37. The Balaban J connectivity index is 0. The Morgan fingerprint density at radius 2 is 1.22 bits per heavy atom. The minimum absolute atomic E-state index is 0. The molecule has 0 atom stereocenters. The van der Waals surface area contributed by atoms with Crippen LogP contribution in [0.2, 0.25) is 0 Å². The van der Waals surface area contributed by atoms with Crippen LogP contribution < -0.4 is 29.6 Å². The fourth-order valence-electron chi connectivity index (χ4n) is 0.596. The summed E-state index contributed by atoms with van der Waals surface area (Å²) in [5.74, 6) is 0. The Bertz CT molecular complexity index is 58.1. The van der Waals surface area contributed by atoms with Crippen LogP contribution in [0.1, 0.15) is 27.7 Å². The average Bonchev–Trinajstić information content (AvgIpc) is 1.64. The summed E-state index contributed by atoms with van der Waals surface area (Å²) in [6.45, 7) is 7.58. The van der Waals surface area contributed by atoms with Crippen molar-refractivity contribution < 1.29 is 29.6 Å². The fraction of sp³-hybridized carbons (Fsp3) is 1.00. The molecule has 0 saturated heterocycles. The average molecular weight is 139 g/mol. The molecule has 0 amide bonds. The number of hydrogen-bond acceptors (Lipinski definition) is 2. The van der Waals surface area contributed by atoms with Gasteiger partial charge in [0.05, 0.1) is 0 Å². The summed E-state index contributed by atoms with van der Waals surface area (Å²) in [5.41, 5.74) is 0. The molecule has 0 fully saturated rings. The van der Waals surface area contributed by atoms with Gasteiger partial charge in [-0.3, -0.25) is 0 Å². The van der Waals surface area contributed by atoms with Gasteiger partial charge in [0.15, 0.2) is 0 Å². The molecule has 2 nitrogen and oxygen atoms in total. The predicted molar refractivity (Wildman–Crippen MR) is 35.5 cm³/mol. The zero-order chi connectivity index (χ0) is 6.73. The van der Waals surface area contributed by atoms with Gasteiger partial charge in [0.2, 0.25) is 0 Å². The van der Waals surface area contributed by atoms with Crippen molar-refractivity contribution in [1.82, 2.24) is 5.06 Å². The van der Waals surface area contributed by atoms with Crippen LogP contribution in [0.15, 0.2) is 0 Å². The molecule has 0 spiro atoms. The number of hydrogen-bond donors (Lipinski definition) is 0. The van der Waals surface area contributed by atoms with E-state index >= 15 is 0 Å². The van der Waals surface area contributed by atoms with Gasteiger partial charge in [0.25, 0.3) is 0 Å². The second-order valence-corrected chi connectivity index (χ2v) is 2.55. The Labute approximate surface area is 79.5 Å². The molecule has 0 bridgehead atoms. The van der Waals surface area contributed by atoms with Gasteiger partial charge in [-0.25, -0.2) is 0 Å². The van der Waals surface area contributed by atoms with Crippen molar-refractivity contribution in [2.24, 2.45) is 0 Å². The number of nitrogens with zero attached hydrogens (tertiary/aromatic N) is 1. The standard InChI is InChI=1S/C6H14NO.Na/c1-5(2)7(8)6(3)4;/h5-6H,1-4H3;/q-1;+1. The van der Waals surface area contributed by atoms with Crippen LogP contribution in [0.4, 0.5) is 0 Å². The SMILES string of the molecule is CC(C)N([O-])C(C)C.[Na+]. The summed E-state index contributed by atoms with van der Waals surface area (Å²) in [6, 6.07) is 0.241. The van der Waals surface area contributed by atoms with Crippen LogP contribution >= 0.6 is 0 Å². The van der Waals surface area contributed by atoms with E-state index in [0.717, 1.165) is 5.06 Å². The summed E-state index contributed by atoms with van der Waals surface area (Å²) in [4.78, 5) is 0. The van der Waals surface area contributed by atoms with E-state index in [2.05, 4.69) is 0 Å². The van der Waals surface area contributed by atoms with Gasteiger partial charge in [-0.05, 0) is 12.1 Å². The molecule has 3 heteroatoms. The molecule has 0 aromatic heterocycles. The monoisotopic (exact) mass is 139 g/mol. The predicted octanol–water partition coefficient (Wildman–Crippen LogP) is -1.39. The molecule has 0 aromatic rings. The minimum Gasteiger partial charge on any atom is -0.785 e. The normalized spacial score (nSPS) is 10.7. The summed E-state index contributed by atoms with van der Waals surface area (Å²) in [5, 5.41) is 11.8. The first kappa shape index (κ1) is 12.6. The van der Waals surface area contributed by atoms with Gasteiger partial charge in [-0.1, -0.05) is 27.7 Å². The van der Waals surface area contributed by atoms with E-state index in [-0.39, 0.29) is 41.6 Å². The van der Waals surface area contributed by atoms with Gasteiger partial charge in [-0.15, -0.1) is 0 Å². The molecule has 0 aliphatic rings. The molecule has 0 aliphatic carbocycles. The van der Waals surface area contributed by atoms with Crippen LogP contribution in [-0.2, 0) is 0 Å². The largest absolute Gasteiger partial charge is 1.00 e.